The summed E-state index contributed by atoms with van der Waals surface area (Å²) >= 11 is 0. The number of methoxy groups -OCH3 is 1. The molecule has 0 aromatic carbocycles. The zero-order valence-corrected chi connectivity index (χ0v) is 12.0. The lowest BCUT2D eigenvalue weighted by atomic mass is 10.2. The fraction of sp³-hybridized carbons (Fsp3) is 0.909. The van der Waals surface area contributed by atoms with Crippen LogP contribution in [0, 0.1) is 0 Å². The average molecular weight is 294 g/mol. The van der Waals surface area contributed by atoms with E-state index in [9.17, 15) is 13.2 Å². The van der Waals surface area contributed by atoms with Gasteiger partial charge in [-0.3, -0.25) is 4.79 Å². The van der Waals surface area contributed by atoms with E-state index < -0.39 is 9.84 Å². The standard InChI is InChI=1S/C11H22N2O5S/c1-18-6-3-12-8-11(15)13(4-5-14)10-2-7-19(16,17)9-10/h10,12,14H,2-9H2,1H3. The Kier molecular flexibility index (Phi) is 6.70. The Bertz CT molecular complexity index is 385. The number of hydrogen-bond donors (Lipinski definition) is 2. The van der Waals surface area contributed by atoms with Crippen LogP contribution in [0.2, 0.25) is 0 Å². The molecule has 1 fully saturated rings. The van der Waals surface area contributed by atoms with Gasteiger partial charge in [0, 0.05) is 26.2 Å². The summed E-state index contributed by atoms with van der Waals surface area (Å²) in [5.41, 5.74) is 0. The molecule has 112 valence electrons. The monoisotopic (exact) mass is 294 g/mol. The molecule has 2 N–H and O–H groups in total. The topological polar surface area (TPSA) is 95.9 Å². The van der Waals surface area contributed by atoms with Gasteiger partial charge in [-0.15, -0.1) is 0 Å². The molecule has 0 radical (unpaired) electrons. The maximum absolute atomic E-state index is 12.0. The van der Waals surface area contributed by atoms with Crippen molar-refractivity contribution in [2.24, 2.45) is 0 Å². The lowest BCUT2D eigenvalue weighted by Gasteiger charge is -2.27. The van der Waals surface area contributed by atoms with Crippen LogP contribution in [-0.4, -0.2) is 81.8 Å². The quantitative estimate of drug-likeness (QED) is 0.514. The summed E-state index contributed by atoms with van der Waals surface area (Å²) in [5.74, 6) is -0.0758. The molecule has 0 spiro atoms. The molecule has 0 aliphatic carbocycles. The maximum Gasteiger partial charge on any atom is 0.236 e. The number of carbonyl (C=O) groups excluding carboxylic acids is 1. The molecule has 1 saturated heterocycles. The zero-order valence-electron chi connectivity index (χ0n) is 11.2. The minimum absolute atomic E-state index is 0.00316. The molecule has 7 nitrogen and oxygen atoms in total. The van der Waals surface area contributed by atoms with Crippen LogP contribution in [0.3, 0.4) is 0 Å². The first kappa shape index (κ1) is 16.4. The Labute approximate surface area is 113 Å². The highest BCUT2D eigenvalue weighted by Gasteiger charge is 2.34. The van der Waals surface area contributed by atoms with Crippen molar-refractivity contribution >= 4 is 15.7 Å². The first-order chi connectivity index (χ1) is 9.00. The van der Waals surface area contributed by atoms with Crippen molar-refractivity contribution in [3.63, 3.8) is 0 Å². The fourth-order valence-corrected chi connectivity index (χ4v) is 3.84. The zero-order chi connectivity index (χ0) is 14.3. The molecule has 0 bridgehead atoms. The van der Waals surface area contributed by atoms with Gasteiger partial charge in [0.05, 0.1) is 31.3 Å². The van der Waals surface area contributed by atoms with Crippen molar-refractivity contribution in [1.29, 1.82) is 0 Å². The van der Waals surface area contributed by atoms with Gasteiger partial charge in [-0.2, -0.15) is 0 Å². The molecular formula is C11H22N2O5S. The van der Waals surface area contributed by atoms with Crippen LogP contribution in [0.1, 0.15) is 6.42 Å². The summed E-state index contributed by atoms with van der Waals surface area (Å²) < 4.78 is 27.7. The summed E-state index contributed by atoms with van der Waals surface area (Å²) in [7, 11) is -1.46. The van der Waals surface area contributed by atoms with E-state index in [0.29, 0.717) is 19.6 Å². The second-order valence-electron chi connectivity index (χ2n) is 4.54. The normalized spacial score (nSPS) is 21.5. The maximum atomic E-state index is 12.0. The number of carbonyl (C=O) groups is 1. The van der Waals surface area contributed by atoms with E-state index >= 15 is 0 Å². The molecule has 1 unspecified atom stereocenters. The van der Waals surface area contributed by atoms with E-state index in [2.05, 4.69) is 5.32 Å². The van der Waals surface area contributed by atoms with Crippen molar-refractivity contribution in [2.45, 2.75) is 12.5 Å². The molecule has 1 rings (SSSR count). The highest BCUT2D eigenvalue weighted by molar-refractivity contribution is 7.91. The number of amides is 1. The minimum Gasteiger partial charge on any atom is -0.395 e. The molecule has 0 aromatic rings. The summed E-state index contributed by atoms with van der Waals surface area (Å²) in [4.78, 5) is 13.5. The second kappa shape index (κ2) is 7.78. The molecule has 1 atom stereocenters. The highest BCUT2D eigenvalue weighted by Crippen LogP contribution is 2.17. The molecule has 1 aliphatic heterocycles. The van der Waals surface area contributed by atoms with Gasteiger partial charge in [-0.25, -0.2) is 8.42 Å². The smallest absolute Gasteiger partial charge is 0.236 e. The van der Waals surface area contributed by atoms with E-state index in [0.717, 1.165) is 0 Å². The van der Waals surface area contributed by atoms with E-state index in [1.807, 2.05) is 0 Å². The average Bonchev–Trinajstić information content (AvgIpc) is 2.71. The Morgan fingerprint density at radius 1 is 1.53 bits per heavy atom. The number of aliphatic hydroxyl groups excluding tert-OH is 1. The van der Waals surface area contributed by atoms with Gasteiger partial charge in [-0.05, 0) is 6.42 Å². The van der Waals surface area contributed by atoms with Crippen molar-refractivity contribution < 1.29 is 23.1 Å². The molecule has 1 heterocycles. The fourth-order valence-electron chi connectivity index (χ4n) is 2.11. The number of ether oxygens (including phenoxy) is 1. The number of nitrogens with one attached hydrogen (secondary N) is 1. The molecular weight excluding hydrogens is 272 g/mol. The lowest BCUT2D eigenvalue weighted by Crippen LogP contribution is -2.46. The van der Waals surface area contributed by atoms with Crippen LogP contribution >= 0.6 is 0 Å². The first-order valence-electron chi connectivity index (χ1n) is 6.30. The number of sulfone groups is 1. The van der Waals surface area contributed by atoms with Gasteiger partial charge in [0.1, 0.15) is 0 Å². The first-order valence-corrected chi connectivity index (χ1v) is 8.12. The van der Waals surface area contributed by atoms with Crippen LogP contribution in [0.4, 0.5) is 0 Å². The molecule has 0 aromatic heterocycles. The predicted molar refractivity (Wildman–Crippen MR) is 70.6 cm³/mol. The van der Waals surface area contributed by atoms with Crippen molar-refractivity contribution in [2.75, 3.05) is 51.5 Å². The summed E-state index contributed by atoms with van der Waals surface area (Å²) in [6, 6.07) is -0.311. The van der Waals surface area contributed by atoms with Crippen LogP contribution in [0.25, 0.3) is 0 Å². The van der Waals surface area contributed by atoms with Crippen molar-refractivity contribution in [1.82, 2.24) is 10.2 Å². The molecule has 19 heavy (non-hydrogen) atoms. The largest absolute Gasteiger partial charge is 0.395 e. The third-order valence-electron chi connectivity index (χ3n) is 3.07. The lowest BCUT2D eigenvalue weighted by molar-refractivity contribution is -0.132. The summed E-state index contributed by atoms with van der Waals surface area (Å²) in [6.45, 7) is 1.19. The number of nitrogens with zero attached hydrogens (tertiary/aromatic N) is 1. The van der Waals surface area contributed by atoms with E-state index in [1.54, 1.807) is 7.11 Å². The SMILES string of the molecule is COCCNCC(=O)N(CCO)C1CCS(=O)(=O)C1. The van der Waals surface area contributed by atoms with Gasteiger partial charge in [0.25, 0.3) is 0 Å². The van der Waals surface area contributed by atoms with Gasteiger partial charge in [0.15, 0.2) is 9.84 Å². The minimum atomic E-state index is -3.04. The van der Waals surface area contributed by atoms with E-state index in [-0.39, 0.29) is 43.2 Å². The Balaban J connectivity index is 2.49. The van der Waals surface area contributed by atoms with Gasteiger partial charge < -0.3 is 20.1 Å². The number of hydrogen-bond acceptors (Lipinski definition) is 6. The highest BCUT2D eigenvalue weighted by atomic mass is 32.2. The van der Waals surface area contributed by atoms with E-state index in [4.69, 9.17) is 9.84 Å². The van der Waals surface area contributed by atoms with Crippen LogP contribution in [0.15, 0.2) is 0 Å². The van der Waals surface area contributed by atoms with E-state index in [1.165, 1.54) is 4.90 Å². The third kappa shape index (κ3) is 5.43. The number of rotatable bonds is 8. The molecule has 0 saturated carbocycles. The number of aliphatic hydroxyl groups is 1. The predicted octanol–water partition coefficient (Wildman–Crippen LogP) is -1.77. The molecule has 1 aliphatic rings. The van der Waals surface area contributed by atoms with Crippen LogP contribution < -0.4 is 5.32 Å². The summed E-state index contributed by atoms with van der Waals surface area (Å²) in [5, 5.41) is 11.9. The van der Waals surface area contributed by atoms with Crippen LogP contribution in [0.5, 0.6) is 0 Å². The van der Waals surface area contributed by atoms with Crippen LogP contribution in [-0.2, 0) is 19.4 Å². The van der Waals surface area contributed by atoms with Crippen molar-refractivity contribution in [3.8, 4) is 0 Å². The third-order valence-corrected chi connectivity index (χ3v) is 4.82. The summed E-state index contributed by atoms with van der Waals surface area (Å²) in [6.07, 6.45) is 0.451. The van der Waals surface area contributed by atoms with Gasteiger partial charge >= 0.3 is 0 Å². The molecule has 8 heteroatoms. The molecule has 1 amide bonds. The van der Waals surface area contributed by atoms with Gasteiger partial charge in [0.2, 0.25) is 5.91 Å². The van der Waals surface area contributed by atoms with Crippen molar-refractivity contribution in [3.05, 3.63) is 0 Å². The second-order valence-corrected chi connectivity index (χ2v) is 6.77. The Hall–Kier alpha value is -0.700. The van der Waals surface area contributed by atoms with Gasteiger partial charge in [-0.1, -0.05) is 0 Å². The Morgan fingerprint density at radius 2 is 2.26 bits per heavy atom. The Morgan fingerprint density at radius 3 is 2.79 bits per heavy atom.